The van der Waals surface area contributed by atoms with Gasteiger partial charge in [-0.2, -0.15) is 0 Å². The maximum Gasteiger partial charge on any atom is 0.295 e. The lowest BCUT2D eigenvalue weighted by molar-refractivity contribution is -0.140. The van der Waals surface area contributed by atoms with Gasteiger partial charge in [0.1, 0.15) is 17.3 Å². The van der Waals surface area contributed by atoms with Gasteiger partial charge in [0.25, 0.3) is 11.7 Å². The SMILES string of the molecule is CN(C)CCCN1C(=O)C(=O)C(=C(O)c2ccc3ccccc3c2O)[C@H]1c1ccccc1F. The van der Waals surface area contributed by atoms with E-state index in [2.05, 4.69) is 0 Å². The number of hydrogen-bond acceptors (Lipinski definition) is 5. The van der Waals surface area contributed by atoms with Gasteiger partial charge in [0.15, 0.2) is 0 Å². The molecule has 0 unspecified atom stereocenters. The van der Waals surface area contributed by atoms with Crippen molar-refractivity contribution in [1.82, 2.24) is 9.80 Å². The minimum atomic E-state index is -1.10. The minimum absolute atomic E-state index is 0.0151. The Morgan fingerprint density at radius 1 is 1.03 bits per heavy atom. The van der Waals surface area contributed by atoms with Crippen molar-refractivity contribution in [3.05, 3.63) is 83.2 Å². The van der Waals surface area contributed by atoms with Crippen LogP contribution in [0.25, 0.3) is 16.5 Å². The Hall–Kier alpha value is -3.71. The summed E-state index contributed by atoms with van der Waals surface area (Å²) in [5, 5.41) is 23.3. The summed E-state index contributed by atoms with van der Waals surface area (Å²) in [6.07, 6.45) is 0.562. The number of carbonyl (C=O) groups is 2. The Morgan fingerprint density at radius 3 is 2.45 bits per heavy atom. The van der Waals surface area contributed by atoms with Crippen LogP contribution in [0.15, 0.2) is 66.2 Å². The number of benzene rings is 3. The molecule has 0 radical (unpaired) electrons. The summed E-state index contributed by atoms with van der Waals surface area (Å²) in [5.74, 6) is -3.03. The fraction of sp³-hybridized carbons (Fsp3) is 0.231. The number of Topliss-reactive ketones (excluding diaryl/α,β-unsaturated/α-hetero) is 1. The van der Waals surface area contributed by atoms with Gasteiger partial charge in [-0.05, 0) is 44.6 Å². The summed E-state index contributed by atoms with van der Waals surface area (Å²) in [4.78, 5) is 29.3. The maximum atomic E-state index is 14.8. The standard InChI is InChI=1S/C26H25FN2O4/c1-28(2)14-7-15-29-22(18-10-5-6-11-20(18)27)21(25(32)26(29)33)24(31)19-13-12-16-8-3-4-9-17(16)23(19)30/h3-6,8-13,22,30-31H,7,14-15H2,1-2H3/t22-/m1/s1. The average Bonchev–Trinajstić information content (AvgIpc) is 3.04. The van der Waals surface area contributed by atoms with Crippen LogP contribution >= 0.6 is 0 Å². The highest BCUT2D eigenvalue weighted by Crippen LogP contribution is 2.42. The van der Waals surface area contributed by atoms with Crippen molar-refractivity contribution in [2.24, 2.45) is 0 Å². The van der Waals surface area contributed by atoms with Gasteiger partial charge >= 0.3 is 0 Å². The van der Waals surface area contributed by atoms with Gasteiger partial charge in [-0.3, -0.25) is 9.59 Å². The molecule has 6 nitrogen and oxygen atoms in total. The van der Waals surface area contributed by atoms with Crippen molar-refractivity contribution in [2.75, 3.05) is 27.2 Å². The smallest absolute Gasteiger partial charge is 0.295 e. The molecule has 1 aliphatic heterocycles. The van der Waals surface area contributed by atoms with Crippen molar-refractivity contribution in [3.8, 4) is 5.75 Å². The van der Waals surface area contributed by atoms with Crippen LogP contribution < -0.4 is 0 Å². The Bertz CT molecular complexity index is 1270. The molecule has 1 amide bonds. The van der Waals surface area contributed by atoms with E-state index in [9.17, 15) is 24.2 Å². The summed E-state index contributed by atoms with van der Waals surface area (Å²) in [6, 6.07) is 15.0. The molecule has 3 aromatic rings. The Morgan fingerprint density at radius 2 is 1.73 bits per heavy atom. The van der Waals surface area contributed by atoms with Gasteiger partial charge in [-0.1, -0.05) is 48.5 Å². The van der Waals surface area contributed by atoms with E-state index in [1.54, 1.807) is 24.3 Å². The van der Waals surface area contributed by atoms with Gasteiger partial charge in [-0.25, -0.2) is 4.39 Å². The number of fused-ring (bicyclic) bond motifs is 1. The summed E-state index contributed by atoms with van der Waals surface area (Å²) in [6.45, 7) is 0.876. The van der Waals surface area contributed by atoms with Crippen LogP contribution in [0, 0.1) is 5.82 Å². The molecule has 1 fully saturated rings. The minimum Gasteiger partial charge on any atom is -0.507 e. The average molecular weight is 448 g/mol. The number of aliphatic hydroxyl groups is 1. The lowest BCUT2D eigenvalue weighted by atomic mass is 9.93. The molecule has 1 heterocycles. The zero-order chi connectivity index (χ0) is 23.7. The van der Waals surface area contributed by atoms with Gasteiger partial charge < -0.3 is 20.0 Å². The first-order valence-corrected chi connectivity index (χ1v) is 10.7. The van der Waals surface area contributed by atoms with E-state index in [0.717, 1.165) is 5.39 Å². The maximum absolute atomic E-state index is 14.8. The molecule has 33 heavy (non-hydrogen) atoms. The van der Waals surface area contributed by atoms with Gasteiger partial charge in [0.2, 0.25) is 0 Å². The zero-order valence-electron chi connectivity index (χ0n) is 18.5. The van der Waals surface area contributed by atoms with Crippen LogP contribution in [0.2, 0.25) is 0 Å². The van der Waals surface area contributed by atoms with E-state index < -0.39 is 29.3 Å². The summed E-state index contributed by atoms with van der Waals surface area (Å²) < 4.78 is 14.8. The monoisotopic (exact) mass is 448 g/mol. The molecule has 1 saturated heterocycles. The molecular formula is C26H25FN2O4. The topological polar surface area (TPSA) is 81.1 Å². The number of phenols is 1. The normalized spacial score (nSPS) is 17.9. The first-order valence-electron chi connectivity index (χ1n) is 10.7. The number of phenolic OH excluding ortho intramolecular Hbond substituents is 1. The quantitative estimate of drug-likeness (QED) is 0.338. The predicted molar refractivity (Wildman–Crippen MR) is 124 cm³/mol. The van der Waals surface area contributed by atoms with E-state index >= 15 is 0 Å². The van der Waals surface area contributed by atoms with E-state index in [-0.39, 0.29) is 29.0 Å². The van der Waals surface area contributed by atoms with E-state index in [1.165, 1.54) is 29.2 Å². The zero-order valence-corrected chi connectivity index (χ0v) is 18.5. The molecule has 0 bridgehead atoms. The molecule has 3 aromatic carbocycles. The van der Waals surface area contributed by atoms with Crippen molar-refractivity contribution in [2.45, 2.75) is 12.5 Å². The van der Waals surface area contributed by atoms with Crippen LogP contribution in [0.5, 0.6) is 5.75 Å². The lowest BCUT2D eigenvalue weighted by Crippen LogP contribution is -2.32. The van der Waals surface area contributed by atoms with Crippen molar-refractivity contribution < 1.29 is 24.2 Å². The van der Waals surface area contributed by atoms with Gasteiger partial charge in [0.05, 0.1) is 17.2 Å². The molecule has 0 aromatic heterocycles. The number of likely N-dealkylation sites (tertiary alicyclic amines) is 1. The predicted octanol–water partition coefficient (Wildman–Crippen LogP) is 4.06. The number of aromatic hydroxyl groups is 1. The largest absolute Gasteiger partial charge is 0.507 e. The number of nitrogens with zero attached hydrogens (tertiary/aromatic N) is 2. The second kappa shape index (κ2) is 9.03. The summed E-state index contributed by atoms with van der Waals surface area (Å²) >= 11 is 0. The first kappa shape index (κ1) is 22.5. The molecule has 170 valence electrons. The fourth-order valence-corrected chi connectivity index (χ4v) is 4.28. The number of halogens is 1. The van der Waals surface area contributed by atoms with Crippen molar-refractivity contribution in [1.29, 1.82) is 0 Å². The summed E-state index contributed by atoms with van der Waals surface area (Å²) in [5.41, 5.74) is -0.106. The van der Waals surface area contributed by atoms with Crippen LogP contribution in [0.1, 0.15) is 23.6 Å². The number of hydrogen-bond donors (Lipinski definition) is 2. The number of amides is 1. The summed E-state index contributed by atoms with van der Waals surface area (Å²) in [7, 11) is 3.79. The highest BCUT2D eigenvalue weighted by molar-refractivity contribution is 6.46. The lowest BCUT2D eigenvalue weighted by Gasteiger charge is -2.26. The van der Waals surface area contributed by atoms with E-state index in [1.807, 2.05) is 31.1 Å². The number of aliphatic hydroxyl groups excluding tert-OH is 1. The second-order valence-corrected chi connectivity index (χ2v) is 8.35. The Balaban J connectivity index is 1.88. The molecule has 1 aliphatic rings. The van der Waals surface area contributed by atoms with Crippen LogP contribution in [0.3, 0.4) is 0 Å². The number of rotatable bonds is 6. The Labute approximate surface area is 191 Å². The van der Waals surface area contributed by atoms with Crippen molar-refractivity contribution >= 4 is 28.2 Å². The fourth-order valence-electron chi connectivity index (χ4n) is 4.28. The number of carbonyl (C=O) groups excluding carboxylic acids is 2. The van der Waals surface area contributed by atoms with E-state index in [4.69, 9.17) is 0 Å². The van der Waals surface area contributed by atoms with Crippen LogP contribution in [-0.2, 0) is 9.59 Å². The Kier molecular flexibility index (Phi) is 6.16. The molecule has 0 saturated carbocycles. The second-order valence-electron chi connectivity index (χ2n) is 8.35. The molecule has 0 spiro atoms. The molecule has 2 N–H and O–H groups in total. The third kappa shape index (κ3) is 4.07. The molecule has 4 rings (SSSR count). The molecule has 7 heteroatoms. The molecule has 0 aliphatic carbocycles. The molecule has 1 atom stereocenters. The highest BCUT2D eigenvalue weighted by atomic mass is 19.1. The highest BCUT2D eigenvalue weighted by Gasteiger charge is 2.46. The van der Waals surface area contributed by atoms with Crippen LogP contribution in [0.4, 0.5) is 4.39 Å². The van der Waals surface area contributed by atoms with Gasteiger partial charge in [0, 0.05) is 17.5 Å². The van der Waals surface area contributed by atoms with Crippen molar-refractivity contribution in [3.63, 3.8) is 0 Å². The number of ketones is 1. The van der Waals surface area contributed by atoms with E-state index in [0.29, 0.717) is 18.4 Å². The van der Waals surface area contributed by atoms with Gasteiger partial charge in [-0.15, -0.1) is 0 Å². The first-order chi connectivity index (χ1) is 15.8. The third-order valence-corrected chi connectivity index (χ3v) is 5.90. The third-order valence-electron chi connectivity index (χ3n) is 5.90. The van der Waals surface area contributed by atoms with Crippen LogP contribution in [-0.4, -0.2) is 58.9 Å². The molecular weight excluding hydrogens is 423 g/mol.